The molecule has 0 spiro atoms. The van der Waals surface area contributed by atoms with E-state index in [2.05, 4.69) is 0 Å². The number of amides is 1. The van der Waals surface area contributed by atoms with Crippen LogP contribution in [0.2, 0.25) is 0 Å². The molecule has 0 heterocycles. The highest BCUT2D eigenvalue weighted by molar-refractivity contribution is 5.76. The molecule has 1 aromatic carbocycles. The third kappa shape index (κ3) is 4.52. The van der Waals surface area contributed by atoms with Gasteiger partial charge in [-0.1, -0.05) is 19.4 Å². The number of primary amides is 1. The molecule has 1 aromatic rings. The SMILES string of the molecule is CCCCN(CC(N)=O)C(C)c1ccc(O)cc1F. The van der Waals surface area contributed by atoms with Crippen molar-refractivity contribution in [1.82, 2.24) is 4.90 Å². The molecule has 0 aromatic heterocycles. The molecular weight excluding hydrogens is 247 g/mol. The summed E-state index contributed by atoms with van der Waals surface area (Å²) in [5.74, 6) is -1.01. The summed E-state index contributed by atoms with van der Waals surface area (Å²) in [6.45, 7) is 4.66. The average Bonchev–Trinajstić information content (AvgIpc) is 2.33. The lowest BCUT2D eigenvalue weighted by Crippen LogP contribution is -2.36. The Kier molecular flexibility index (Phi) is 5.76. The summed E-state index contributed by atoms with van der Waals surface area (Å²) in [6, 6.07) is 3.79. The van der Waals surface area contributed by atoms with Gasteiger partial charge in [-0.15, -0.1) is 0 Å². The number of phenols is 1. The molecule has 0 bridgehead atoms. The zero-order valence-electron chi connectivity index (χ0n) is 11.4. The minimum absolute atomic E-state index is 0.0987. The first-order valence-electron chi connectivity index (χ1n) is 6.46. The molecule has 106 valence electrons. The fourth-order valence-electron chi connectivity index (χ4n) is 2.02. The molecule has 1 atom stereocenters. The number of carbonyl (C=O) groups is 1. The fraction of sp³-hybridized carbons (Fsp3) is 0.500. The van der Waals surface area contributed by atoms with Crippen LogP contribution in [0.15, 0.2) is 18.2 Å². The maximum atomic E-state index is 13.8. The van der Waals surface area contributed by atoms with Crippen LogP contribution in [0.3, 0.4) is 0 Å². The number of unbranched alkanes of at least 4 members (excludes halogenated alkanes) is 1. The Morgan fingerprint density at radius 2 is 2.21 bits per heavy atom. The highest BCUT2D eigenvalue weighted by Crippen LogP contribution is 2.25. The van der Waals surface area contributed by atoms with Crippen LogP contribution in [0, 0.1) is 5.82 Å². The van der Waals surface area contributed by atoms with Crippen LogP contribution in [0.1, 0.15) is 38.3 Å². The molecule has 19 heavy (non-hydrogen) atoms. The van der Waals surface area contributed by atoms with Crippen molar-refractivity contribution in [3.05, 3.63) is 29.6 Å². The number of benzene rings is 1. The van der Waals surface area contributed by atoms with E-state index >= 15 is 0 Å². The van der Waals surface area contributed by atoms with Crippen LogP contribution in [0.25, 0.3) is 0 Å². The molecule has 1 amide bonds. The van der Waals surface area contributed by atoms with E-state index in [-0.39, 0.29) is 18.3 Å². The fourth-order valence-corrected chi connectivity index (χ4v) is 2.02. The molecule has 0 radical (unpaired) electrons. The third-order valence-corrected chi connectivity index (χ3v) is 3.14. The van der Waals surface area contributed by atoms with Gasteiger partial charge in [-0.2, -0.15) is 0 Å². The van der Waals surface area contributed by atoms with Gasteiger partial charge >= 0.3 is 0 Å². The third-order valence-electron chi connectivity index (χ3n) is 3.14. The summed E-state index contributed by atoms with van der Waals surface area (Å²) in [5.41, 5.74) is 5.68. The molecule has 0 saturated heterocycles. The Hall–Kier alpha value is -1.62. The zero-order valence-corrected chi connectivity index (χ0v) is 11.4. The van der Waals surface area contributed by atoms with Crippen LogP contribution >= 0.6 is 0 Å². The lowest BCUT2D eigenvalue weighted by Gasteiger charge is -2.28. The van der Waals surface area contributed by atoms with Crippen molar-refractivity contribution in [3.63, 3.8) is 0 Å². The van der Waals surface area contributed by atoms with Gasteiger partial charge in [0.2, 0.25) is 5.91 Å². The highest BCUT2D eigenvalue weighted by Gasteiger charge is 2.20. The second-order valence-electron chi connectivity index (χ2n) is 4.67. The van der Waals surface area contributed by atoms with Crippen LogP contribution in [-0.2, 0) is 4.79 Å². The maximum absolute atomic E-state index is 13.8. The number of carbonyl (C=O) groups excluding carboxylic acids is 1. The molecule has 3 N–H and O–H groups in total. The van der Waals surface area contributed by atoms with Crippen molar-refractivity contribution >= 4 is 5.91 Å². The van der Waals surface area contributed by atoms with Gasteiger partial charge < -0.3 is 10.8 Å². The number of aromatic hydroxyl groups is 1. The summed E-state index contributed by atoms with van der Waals surface area (Å²) >= 11 is 0. The van der Waals surface area contributed by atoms with Gasteiger partial charge in [-0.05, 0) is 26.0 Å². The van der Waals surface area contributed by atoms with Crippen molar-refractivity contribution in [1.29, 1.82) is 0 Å². The van der Waals surface area contributed by atoms with Gasteiger partial charge in [0, 0.05) is 17.7 Å². The van der Waals surface area contributed by atoms with Gasteiger partial charge in [0.25, 0.3) is 0 Å². The molecule has 4 nitrogen and oxygen atoms in total. The molecule has 0 aliphatic rings. The van der Waals surface area contributed by atoms with E-state index in [0.717, 1.165) is 18.9 Å². The number of nitrogens with zero attached hydrogens (tertiary/aromatic N) is 1. The van der Waals surface area contributed by atoms with Crippen LogP contribution in [0.5, 0.6) is 5.75 Å². The lowest BCUT2D eigenvalue weighted by molar-refractivity contribution is -0.119. The van der Waals surface area contributed by atoms with E-state index in [1.165, 1.54) is 12.1 Å². The Morgan fingerprint density at radius 3 is 2.74 bits per heavy atom. The van der Waals surface area contributed by atoms with E-state index < -0.39 is 11.7 Å². The first-order chi connectivity index (χ1) is 8.95. The highest BCUT2D eigenvalue weighted by atomic mass is 19.1. The van der Waals surface area contributed by atoms with Gasteiger partial charge in [0.05, 0.1) is 6.54 Å². The Morgan fingerprint density at radius 1 is 1.53 bits per heavy atom. The summed E-state index contributed by atoms with van der Waals surface area (Å²) < 4.78 is 13.8. The summed E-state index contributed by atoms with van der Waals surface area (Å²) in [6.07, 6.45) is 1.90. The topological polar surface area (TPSA) is 66.6 Å². The maximum Gasteiger partial charge on any atom is 0.231 e. The zero-order chi connectivity index (χ0) is 14.4. The van der Waals surface area contributed by atoms with Gasteiger partial charge in [-0.25, -0.2) is 4.39 Å². The first-order valence-corrected chi connectivity index (χ1v) is 6.46. The normalized spacial score (nSPS) is 12.6. The van der Waals surface area contributed by atoms with Crippen molar-refractivity contribution < 1.29 is 14.3 Å². The number of phenolic OH excluding ortho intramolecular Hbond substituents is 1. The summed E-state index contributed by atoms with van der Waals surface area (Å²) in [7, 11) is 0. The molecular formula is C14H21FN2O2. The van der Waals surface area contributed by atoms with Gasteiger partial charge in [0.15, 0.2) is 0 Å². The second-order valence-corrected chi connectivity index (χ2v) is 4.67. The van der Waals surface area contributed by atoms with Crippen molar-refractivity contribution in [2.45, 2.75) is 32.7 Å². The molecule has 1 unspecified atom stereocenters. The Labute approximate surface area is 113 Å². The quantitative estimate of drug-likeness (QED) is 0.796. The predicted molar refractivity (Wildman–Crippen MR) is 72.2 cm³/mol. The number of rotatable bonds is 7. The minimum atomic E-state index is -0.474. The summed E-state index contributed by atoms with van der Waals surface area (Å²) in [5, 5.41) is 9.22. The average molecular weight is 268 g/mol. The Bertz CT molecular complexity index is 437. The van der Waals surface area contributed by atoms with Crippen LogP contribution < -0.4 is 5.73 Å². The smallest absolute Gasteiger partial charge is 0.231 e. The van der Waals surface area contributed by atoms with Gasteiger partial charge in [-0.3, -0.25) is 9.69 Å². The molecule has 5 heteroatoms. The largest absolute Gasteiger partial charge is 0.508 e. The summed E-state index contributed by atoms with van der Waals surface area (Å²) in [4.78, 5) is 12.9. The monoisotopic (exact) mass is 268 g/mol. The van der Waals surface area contributed by atoms with E-state index in [4.69, 9.17) is 5.73 Å². The molecule has 1 rings (SSSR count). The van der Waals surface area contributed by atoms with E-state index in [9.17, 15) is 14.3 Å². The number of halogens is 1. The predicted octanol–water partition coefficient (Wildman–Crippen LogP) is 2.18. The van der Waals surface area contributed by atoms with Crippen molar-refractivity contribution in [2.24, 2.45) is 5.73 Å². The molecule has 0 saturated carbocycles. The van der Waals surface area contributed by atoms with Crippen molar-refractivity contribution in [3.8, 4) is 5.75 Å². The lowest BCUT2D eigenvalue weighted by atomic mass is 10.1. The van der Waals surface area contributed by atoms with E-state index in [0.29, 0.717) is 12.1 Å². The van der Waals surface area contributed by atoms with E-state index in [1.807, 2.05) is 18.7 Å². The second kappa shape index (κ2) is 7.09. The molecule has 0 fully saturated rings. The van der Waals surface area contributed by atoms with Crippen LogP contribution in [0.4, 0.5) is 4.39 Å². The van der Waals surface area contributed by atoms with Crippen molar-refractivity contribution in [2.75, 3.05) is 13.1 Å². The first kappa shape index (κ1) is 15.4. The number of nitrogens with two attached hydrogens (primary N) is 1. The minimum Gasteiger partial charge on any atom is -0.508 e. The molecule has 0 aliphatic carbocycles. The molecule has 0 aliphatic heterocycles. The van der Waals surface area contributed by atoms with E-state index in [1.54, 1.807) is 0 Å². The number of hydrogen-bond donors (Lipinski definition) is 2. The Balaban J connectivity index is 2.90. The van der Waals surface area contributed by atoms with Gasteiger partial charge in [0.1, 0.15) is 11.6 Å². The van der Waals surface area contributed by atoms with Crippen LogP contribution in [-0.4, -0.2) is 29.0 Å². The standard InChI is InChI=1S/C14H21FN2O2/c1-3-4-7-17(9-14(16)19)10(2)12-6-5-11(18)8-13(12)15/h5-6,8,10,18H,3-4,7,9H2,1-2H3,(H2,16,19). The number of hydrogen-bond acceptors (Lipinski definition) is 3.